The molecule has 0 unspecified atom stereocenters. The quantitative estimate of drug-likeness (QED) is 0.818. The Balaban J connectivity index is 2.17. The lowest BCUT2D eigenvalue weighted by Gasteiger charge is -2.24. The normalized spacial score (nSPS) is 19.1. The molecule has 0 bridgehead atoms. The maximum absolute atomic E-state index is 11.4. The summed E-state index contributed by atoms with van der Waals surface area (Å²) < 4.78 is 11.0. The van der Waals surface area contributed by atoms with E-state index in [1.807, 2.05) is 0 Å². The molecule has 94 valence electrons. The van der Waals surface area contributed by atoms with Gasteiger partial charge in [0, 0.05) is 5.56 Å². The number of fused-ring (bicyclic) bond motifs is 1. The van der Waals surface area contributed by atoms with Crippen LogP contribution in [0.3, 0.4) is 0 Å². The van der Waals surface area contributed by atoms with E-state index < -0.39 is 11.4 Å². The van der Waals surface area contributed by atoms with E-state index >= 15 is 0 Å². The zero-order valence-corrected chi connectivity index (χ0v) is 9.64. The predicted molar refractivity (Wildman–Crippen MR) is 61.4 cm³/mol. The third-order valence-corrected chi connectivity index (χ3v) is 3.52. The molecule has 1 fully saturated rings. The van der Waals surface area contributed by atoms with Gasteiger partial charge in [-0.15, -0.1) is 0 Å². The molecule has 0 amide bonds. The van der Waals surface area contributed by atoms with Crippen molar-refractivity contribution in [2.24, 2.45) is 0 Å². The SMILES string of the molecule is O=Cc1ccc(C2(C(=O)O)CC2)c2c1OCCO2. The van der Waals surface area contributed by atoms with Crippen LogP contribution in [-0.2, 0) is 10.2 Å². The molecule has 0 aromatic heterocycles. The van der Waals surface area contributed by atoms with E-state index in [1.54, 1.807) is 12.1 Å². The second-order valence-electron chi connectivity index (χ2n) is 4.56. The number of carbonyl (C=O) groups is 2. The van der Waals surface area contributed by atoms with Gasteiger partial charge < -0.3 is 14.6 Å². The van der Waals surface area contributed by atoms with Gasteiger partial charge in [0.2, 0.25) is 0 Å². The summed E-state index contributed by atoms with van der Waals surface area (Å²) in [6.45, 7) is 0.745. The Morgan fingerprint density at radius 1 is 1.22 bits per heavy atom. The van der Waals surface area contributed by atoms with Crippen molar-refractivity contribution < 1.29 is 24.2 Å². The highest BCUT2D eigenvalue weighted by atomic mass is 16.6. The smallest absolute Gasteiger partial charge is 0.314 e. The fourth-order valence-corrected chi connectivity index (χ4v) is 2.35. The van der Waals surface area contributed by atoms with E-state index in [2.05, 4.69) is 0 Å². The second-order valence-corrected chi connectivity index (χ2v) is 4.56. The molecule has 0 radical (unpaired) electrons. The number of rotatable bonds is 3. The minimum atomic E-state index is -0.855. The van der Waals surface area contributed by atoms with Crippen molar-refractivity contribution in [1.82, 2.24) is 0 Å². The van der Waals surface area contributed by atoms with Crippen molar-refractivity contribution in [1.29, 1.82) is 0 Å². The molecule has 5 heteroatoms. The van der Waals surface area contributed by atoms with E-state index in [1.165, 1.54) is 0 Å². The summed E-state index contributed by atoms with van der Waals surface area (Å²) in [5.74, 6) is -0.0512. The molecule has 2 aliphatic rings. The number of hydrogen-bond acceptors (Lipinski definition) is 4. The van der Waals surface area contributed by atoms with Gasteiger partial charge in [-0.3, -0.25) is 9.59 Å². The highest BCUT2D eigenvalue weighted by Crippen LogP contribution is 2.54. The summed E-state index contributed by atoms with van der Waals surface area (Å²) in [6, 6.07) is 3.26. The zero-order chi connectivity index (χ0) is 12.8. The first-order valence-electron chi connectivity index (χ1n) is 5.81. The van der Waals surface area contributed by atoms with Crippen LogP contribution in [0.4, 0.5) is 0 Å². The Morgan fingerprint density at radius 3 is 2.44 bits per heavy atom. The van der Waals surface area contributed by atoms with Gasteiger partial charge in [-0.25, -0.2) is 0 Å². The summed E-state index contributed by atoms with van der Waals surface area (Å²) in [7, 11) is 0. The molecule has 0 saturated heterocycles. The first kappa shape index (κ1) is 11.1. The molecule has 3 rings (SSSR count). The fraction of sp³-hybridized carbons (Fsp3) is 0.385. The molecule has 1 aromatic rings. The van der Waals surface area contributed by atoms with Crippen LogP contribution >= 0.6 is 0 Å². The lowest BCUT2D eigenvalue weighted by Crippen LogP contribution is -2.24. The molecule has 1 saturated carbocycles. The monoisotopic (exact) mass is 248 g/mol. The van der Waals surface area contributed by atoms with Gasteiger partial charge in [-0.2, -0.15) is 0 Å². The number of ether oxygens (including phenoxy) is 2. The third kappa shape index (κ3) is 1.40. The maximum atomic E-state index is 11.4. The fourth-order valence-electron chi connectivity index (χ4n) is 2.35. The lowest BCUT2D eigenvalue weighted by molar-refractivity contribution is -0.140. The predicted octanol–water partition coefficient (Wildman–Crippen LogP) is 1.39. The molecule has 1 N–H and O–H groups in total. The first-order valence-corrected chi connectivity index (χ1v) is 5.81. The van der Waals surface area contributed by atoms with Crippen LogP contribution < -0.4 is 9.47 Å². The third-order valence-electron chi connectivity index (χ3n) is 3.52. The van der Waals surface area contributed by atoms with Crippen LogP contribution in [0.15, 0.2) is 12.1 Å². The van der Waals surface area contributed by atoms with Crippen molar-refractivity contribution in [2.45, 2.75) is 18.3 Å². The Hall–Kier alpha value is -2.04. The Morgan fingerprint density at radius 2 is 1.89 bits per heavy atom. The van der Waals surface area contributed by atoms with Crippen LogP contribution in [0.2, 0.25) is 0 Å². The molecule has 0 spiro atoms. The van der Waals surface area contributed by atoms with Crippen molar-refractivity contribution in [2.75, 3.05) is 13.2 Å². The van der Waals surface area contributed by atoms with Crippen LogP contribution in [0.25, 0.3) is 0 Å². The molecule has 1 heterocycles. The Labute approximate surface area is 103 Å². The van der Waals surface area contributed by atoms with Crippen molar-refractivity contribution >= 4 is 12.3 Å². The molecular formula is C13H12O5. The average Bonchev–Trinajstić information content (AvgIpc) is 3.19. The van der Waals surface area contributed by atoms with Crippen LogP contribution in [0.5, 0.6) is 11.5 Å². The topological polar surface area (TPSA) is 72.8 Å². The summed E-state index contributed by atoms with van der Waals surface area (Å²) >= 11 is 0. The summed E-state index contributed by atoms with van der Waals surface area (Å²) in [6.07, 6.45) is 1.88. The summed E-state index contributed by atoms with van der Waals surface area (Å²) in [5, 5.41) is 9.32. The van der Waals surface area contributed by atoms with E-state index in [0.29, 0.717) is 55.0 Å². The maximum Gasteiger partial charge on any atom is 0.314 e. The summed E-state index contributed by atoms with van der Waals surface area (Å²) in [5.41, 5.74) is 0.163. The Bertz CT molecular complexity index is 530. The van der Waals surface area contributed by atoms with Gasteiger partial charge in [0.15, 0.2) is 17.8 Å². The molecule has 5 nitrogen and oxygen atoms in total. The highest BCUT2D eigenvalue weighted by Gasteiger charge is 2.54. The number of hydrogen-bond donors (Lipinski definition) is 1. The number of benzene rings is 1. The van der Waals surface area contributed by atoms with Gasteiger partial charge in [0.1, 0.15) is 13.2 Å². The minimum absolute atomic E-state index is 0.372. The number of aldehydes is 1. The molecular weight excluding hydrogens is 236 g/mol. The largest absolute Gasteiger partial charge is 0.486 e. The van der Waals surface area contributed by atoms with Crippen molar-refractivity contribution in [3.05, 3.63) is 23.3 Å². The molecule has 0 atom stereocenters. The summed E-state index contributed by atoms with van der Waals surface area (Å²) in [4.78, 5) is 22.3. The lowest BCUT2D eigenvalue weighted by atomic mass is 9.93. The second kappa shape index (κ2) is 3.73. The first-order chi connectivity index (χ1) is 8.69. The number of carboxylic acid groups (broad SMARTS) is 1. The van der Waals surface area contributed by atoms with Gasteiger partial charge >= 0.3 is 5.97 Å². The number of aliphatic carboxylic acids is 1. The Kier molecular flexibility index (Phi) is 2.29. The molecule has 1 aliphatic heterocycles. The zero-order valence-electron chi connectivity index (χ0n) is 9.64. The average molecular weight is 248 g/mol. The van der Waals surface area contributed by atoms with Gasteiger partial charge in [-0.1, -0.05) is 6.07 Å². The molecule has 1 aromatic carbocycles. The number of carboxylic acids is 1. The highest BCUT2D eigenvalue weighted by molar-refractivity contribution is 5.89. The van der Waals surface area contributed by atoms with Crippen molar-refractivity contribution in [3.63, 3.8) is 0 Å². The van der Waals surface area contributed by atoms with Gasteiger partial charge in [0.25, 0.3) is 0 Å². The van der Waals surface area contributed by atoms with Gasteiger partial charge in [-0.05, 0) is 18.9 Å². The van der Waals surface area contributed by atoms with Crippen LogP contribution in [-0.4, -0.2) is 30.6 Å². The van der Waals surface area contributed by atoms with E-state index in [-0.39, 0.29) is 0 Å². The van der Waals surface area contributed by atoms with E-state index in [9.17, 15) is 14.7 Å². The molecule has 18 heavy (non-hydrogen) atoms. The number of carbonyl (C=O) groups excluding carboxylic acids is 1. The minimum Gasteiger partial charge on any atom is -0.486 e. The van der Waals surface area contributed by atoms with Crippen LogP contribution in [0, 0.1) is 0 Å². The molecule has 1 aliphatic carbocycles. The van der Waals surface area contributed by atoms with E-state index in [4.69, 9.17) is 9.47 Å². The van der Waals surface area contributed by atoms with Crippen molar-refractivity contribution in [3.8, 4) is 11.5 Å². The van der Waals surface area contributed by atoms with E-state index in [0.717, 1.165) is 0 Å². The van der Waals surface area contributed by atoms with Gasteiger partial charge in [0.05, 0.1) is 11.0 Å². The van der Waals surface area contributed by atoms with Crippen LogP contribution in [0.1, 0.15) is 28.8 Å². The standard InChI is InChI=1S/C13H12O5/c14-7-8-1-2-9(13(3-4-13)12(15)16)11-10(8)17-5-6-18-11/h1-2,7H,3-6H2,(H,15,16).